The standard InChI is InChI=1S/C16H22N4/c1-13-6-5-9-17-15(13)12-19-16-18-10-11-20(16)14-7-3-2-4-8-14/h5-6,9-11,14H,2-4,7-8,12H2,1H3,(H,18,19). The van der Waals surface area contributed by atoms with E-state index >= 15 is 0 Å². The Balaban J connectivity index is 1.69. The second-order valence-corrected chi connectivity index (χ2v) is 5.57. The number of anilines is 1. The van der Waals surface area contributed by atoms with Crippen molar-refractivity contribution in [3.05, 3.63) is 42.0 Å². The summed E-state index contributed by atoms with van der Waals surface area (Å²) in [5.41, 5.74) is 2.31. The van der Waals surface area contributed by atoms with Gasteiger partial charge in [0.2, 0.25) is 5.95 Å². The number of aryl methyl sites for hydroxylation is 1. The van der Waals surface area contributed by atoms with Gasteiger partial charge in [-0.2, -0.15) is 0 Å². The van der Waals surface area contributed by atoms with E-state index in [0.29, 0.717) is 6.04 Å². The molecule has 2 aromatic heterocycles. The van der Waals surface area contributed by atoms with E-state index in [4.69, 9.17) is 0 Å². The lowest BCUT2D eigenvalue weighted by molar-refractivity contribution is 0.356. The van der Waals surface area contributed by atoms with Crippen LogP contribution < -0.4 is 5.32 Å². The fourth-order valence-electron chi connectivity index (χ4n) is 2.97. The molecule has 0 unspecified atom stereocenters. The zero-order chi connectivity index (χ0) is 13.8. The van der Waals surface area contributed by atoms with Gasteiger partial charge in [0, 0.05) is 24.6 Å². The van der Waals surface area contributed by atoms with Gasteiger partial charge >= 0.3 is 0 Å². The normalized spacial score (nSPS) is 16.2. The van der Waals surface area contributed by atoms with E-state index in [-0.39, 0.29) is 0 Å². The van der Waals surface area contributed by atoms with Crippen LogP contribution in [-0.2, 0) is 6.54 Å². The molecule has 1 aliphatic rings. The summed E-state index contributed by atoms with van der Waals surface area (Å²) in [4.78, 5) is 8.88. The molecule has 0 bridgehead atoms. The molecule has 1 fully saturated rings. The minimum absolute atomic E-state index is 0.610. The molecule has 1 N–H and O–H groups in total. The maximum absolute atomic E-state index is 4.46. The SMILES string of the molecule is Cc1cccnc1CNc1nccn1C1CCCCC1. The van der Waals surface area contributed by atoms with E-state index < -0.39 is 0 Å². The molecule has 0 aromatic carbocycles. The number of nitrogens with one attached hydrogen (secondary N) is 1. The van der Waals surface area contributed by atoms with Crippen molar-refractivity contribution in [2.75, 3.05) is 5.32 Å². The summed E-state index contributed by atoms with van der Waals surface area (Å²) >= 11 is 0. The molecule has 2 aromatic rings. The number of pyridine rings is 1. The summed E-state index contributed by atoms with van der Waals surface area (Å²) in [6.07, 6.45) is 12.4. The lowest BCUT2D eigenvalue weighted by Crippen LogP contribution is -2.16. The third kappa shape index (κ3) is 2.84. The van der Waals surface area contributed by atoms with Gasteiger partial charge in [-0.3, -0.25) is 4.98 Å². The fourth-order valence-corrected chi connectivity index (χ4v) is 2.97. The molecule has 4 heteroatoms. The van der Waals surface area contributed by atoms with Gasteiger partial charge in [0.25, 0.3) is 0 Å². The summed E-state index contributed by atoms with van der Waals surface area (Å²) < 4.78 is 2.30. The highest BCUT2D eigenvalue weighted by Crippen LogP contribution is 2.30. The average molecular weight is 270 g/mol. The van der Waals surface area contributed by atoms with Crippen molar-refractivity contribution in [3.63, 3.8) is 0 Å². The molecule has 0 aliphatic heterocycles. The van der Waals surface area contributed by atoms with Gasteiger partial charge in [-0.15, -0.1) is 0 Å². The highest BCUT2D eigenvalue weighted by molar-refractivity contribution is 5.30. The summed E-state index contributed by atoms with van der Waals surface area (Å²) in [5.74, 6) is 0.974. The number of hydrogen-bond donors (Lipinski definition) is 1. The topological polar surface area (TPSA) is 42.7 Å². The van der Waals surface area contributed by atoms with Crippen LogP contribution in [0, 0.1) is 6.92 Å². The first kappa shape index (κ1) is 13.2. The van der Waals surface area contributed by atoms with Crippen LogP contribution >= 0.6 is 0 Å². The summed E-state index contributed by atoms with van der Waals surface area (Å²) in [6, 6.07) is 4.68. The second-order valence-electron chi connectivity index (χ2n) is 5.57. The zero-order valence-electron chi connectivity index (χ0n) is 12.0. The predicted molar refractivity (Wildman–Crippen MR) is 80.6 cm³/mol. The fraction of sp³-hybridized carbons (Fsp3) is 0.500. The number of nitrogens with zero attached hydrogens (tertiary/aromatic N) is 3. The summed E-state index contributed by atoms with van der Waals surface area (Å²) in [6.45, 7) is 2.83. The Morgan fingerprint density at radius 1 is 1.20 bits per heavy atom. The van der Waals surface area contributed by atoms with Gasteiger partial charge in [0.05, 0.1) is 12.2 Å². The molecule has 0 spiro atoms. The van der Waals surface area contributed by atoms with E-state index in [1.807, 2.05) is 18.5 Å². The molecule has 3 rings (SSSR count). The van der Waals surface area contributed by atoms with Gasteiger partial charge in [0.15, 0.2) is 0 Å². The van der Waals surface area contributed by atoms with Crippen LogP contribution in [0.3, 0.4) is 0 Å². The molecule has 4 nitrogen and oxygen atoms in total. The van der Waals surface area contributed by atoms with E-state index in [2.05, 4.69) is 39.0 Å². The van der Waals surface area contributed by atoms with Crippen molar-refractivity contribution in [1.82, 2.24) is 14.5 Å². The number of aromatic nitrogens is 3. The second kappa shape index (κ2) is 6.07. The Kier molecular flexibility index (Phi) is 4.00. The largest absolute Gasteiger partial charge is 0.350 e. The molecular formula is C16H22N4. The molecule has 20 heavy (non-hydrogen) atoms. The van der Waals surface area contributed by atoms with E-state index in [1.54, 1.807) is 0 Å². The van der Waals surface area contributed by atoms with Crippen molar-refractivity contribution in [1.29, 1.82) is 0 Å². The van der Waals surface area contributed by atoms with Gasteiger partial charge in [-0.25, -0.2) is 4.98 Å². The minimum Gasteiger partial charge on any atom is -0.350 e. The Bertz CT molecular complexity index is 555. The van der Waals surface area contributed by atoms with Crippen LogP contribution in [0.5, 0.6) is 0 Å². The Hall–Kier alpha value is -1.84. The monoisotopic (exact) mass is 270 g/mol. The van der Waals surface area contributed by atoms with Crippen LogP contribution in [0.1, 0.15) is 49.4 Å². The first-order chi connectivity index (χ1) is 9.84. The van der Waals surface area contributed by atoms with Crippen molar-refractivity contribution in [2.24, 2.45) is 0 Å². The van der Waals surface area contributed by atoms with Crippen LogP contribution in [0.4, 0.5) is 5.95 Å². The van der Waals surface area contributed by atoms with Gasteiger partial charge < -0.3 is 9.88 Å². The van der Waals surface area contributed by atoms with Gasteiger partial charge in [0.1, 0.15) is 0 Å². The highest BCUT2D eigenvalue weighted by Gasteiger charge is 2.17. The molecule has 0 amide bonds. The average Bonchev–Trinajstić information content (AvgIpc) is 2.96. The molecule has 1 saturated carbocycles. The van der Waals surface area contributed by atoms with E-state index in [0.717, 1.165) is 18.2 Å². The Labute approximate surface area is 120 Å². The maximum atomic E-state index is 4.46. The molecule has 0 atom stereocenters. The van der Waals surface area contributed by atoms with E-state index in [1.165, 1.54) is 37.7 Å². The Morgan fingerprint density at radius 3 is 2.85 bits per heavy atom. The van der Waals surface area contributed by atoms with Crippen molar-refractivity contribution in [2.45, 2.75) is 51.6 Å². The van der Waals surface area contributed by atoms with Crippen LogP contribution in [0.15, 0.2) is 30.7 Å². The van der Waals surface area contributed by atoms with Crippen LogP contribution in [0.2, 0.25) is 0 Å². The smallest absolute Gasteiger partial charge is 0.203 e. The molecule has 1 aliphatic carbocycles. The number of rotatable bonds is 4. The van der Waals surface area contributed by atoms with E-state index in [9.17, 15) is 0 Å². The zero-order valence-corrected chi connectivity index (χ0v) is 12.0. The van der Waals surface area contributed by atoms with Crippen molar-refractivity contribution >= 4 is 5.95 Å². The van der Waals surface area contributed by atoms with Gasteiger partial charge in [-0.1, -0.05) is 25.3 Å². The molecule has 2 heterocycles. The first-order valence-electron chi connectivity index (χ1n) is 7.52. The third-order valence-corrected chi connectivity index (χ3v) is 4.17. The van der Waals surface area contributed by atoms with Crippen LogP contribution in [0.25, 0.3) is 0 Å². The number of imidazole rings is 1. The van der Waals surface area contributed by atoms with Crippen molar-refractivity contribution in [3.8, 4) is 0 Å². The molecule has 0 saturated heterocycles. The lowest BCUT2D eigenvalue weighted by atomic mass is 9.95. The lowest BCUT2D eigenvalue weighted by Gasteiger charge is -2.24. The van der Waals surface area contributed by atoms with Crippen LogP contribution in [-0.4, -0.2) is 14.5 Å². The third-order valence-electron chi connectivity index (χ3n) is 4.17. The summed E-state index contributed by atoms with van der Waals surface area (Å²) in [7, 11) is 0. The minimum atomic E-state index is 0.610. The molecular weight excluding hydrogens is 248 g/mol. The number of hydrogen-bond acceptors (Lipinski definition) is 3. The van der Waals surface area contributed by atoms with Crippen molar-refractivity contribution < 1.29 is 0 Å². The quantitative estimate of drug-likeness (QED) is 0.921. The highest BCUT2D eigenvalue weighted by atomic mass is 15.2. The summed E-state index contributed by atoms with van der Waals surface area (Å²) in [5, 5.41) is 3.44. The maximum Gasteiger partial charge on any atom is 0.203 e. The molecule has 106 valence electrons. The predicted octanol–water partition coefficient (Wildman–Crippen LogP) is 3.70. The Morgan fingerprint density at radius 2 is 2.05 bits per heavy atom. The molecule has 0 radical (unpaired) electrons. The first-order valence-corrected chi connectivity index (χ1v) is 7.52. The van der Waals surface area contributed by atoms with Gasteiger partial charge in [-0.05, 0) is 31.4 Å².